The standard InChI is InChI=1S/C18H19NO4/c1-2-19(13-15-7-4-3-5-8-15)17(20)14-23-18(21)11-10-16-9-6-12-22-16/h3-12H,2,13-14H2,1H3/b11-10+. The number of hydrogen-bond acceptors (Lipinski definition) is 4. The average molecular weight is 313 g/mol. The van der Waals surface area contributed by atoms with E-state index in [0.29, 0.717) is 18.8 Å². The fourth-order valence-electron chi connectivity index (χ4n) is 1.99. The van der Waals surface area contributed by atoms with Crippen LogP contribution in [-0.2, 0) is 20.9 Å². The van der Waals surface area contributed by atoms with E-state index in [-0.39, 0.29) is 12.5 Å². The Morgan fingerprint density at radius 2 is 1.96 bits per heavy atom. The van der Waals surface area contributed by atoms with Crippen LogP contribution in [0.2, 0.25) is 0 Å². The summed E-state index contributed by atoms with van der Waals surface area (Å²) in [5.74, 6) is -0.255. The molecule has 0 fully saturated rings. The zero-order valence-corrected chi connectivity index (χ0v) is 13.0. The third-order valence-corrected chi connectivity index (χ3v) is 3.22. The number of furan rings is 1. The molecule has 0 atom stereocenters. The summed E-state index contributed by atoms with van der Waals surface area (Å²) in [6.07, 6.45) is 4.24. The van der Waals surface area contributed by atoms with Crippen molar-refractivity contribution in [1.82, 2.24) is 4.90 Å². The van der Waals surface area contributed by atoms with Crippen LogP contribution in [-0.4, -0.2) is 29.9 Å². The Bertz CT molecular complexity index is 647. The first-order valence-corrected chi connectivity index (χ1v) is 7.39. The van der Waals surface area contributed by atoms with Gasteiger partial charge in [0.05, 0.1) is 6.26 Å². The lowest BCUT2D eigenvalue weighted by molar-refractivity contribution is -0.148. The van der Waals surface area contributed by atoms with E-state index in [4.69, 9.17) is 9.15 Å². The predicted octanol–water partition coefficient (Wildman–Crippen LogP) is 2.88. The monoisotopic (exact) mass is 313 g/mol. The topological polar surface area (TPSA) is 59.8 Å². The molecule has 1 heterocycles. The van der Waals surface area contributed by atoms with Crippen molar-refractivity contribution in [3.8, 4) is 0 Å². The van der Waals surface area contributed by atoms with E-state index in [2.05, 4.69) is 0 Å². The molecule has 0 N–H and O–H groups in total. The van der Waals surface area contributed by atoms with E-state index in [1.165, 1.54) is 18.4 Å². The molecule has 0 spiro atoms. The van der Waals surface area contributed by atoms with Gasteiger partial charge in [0, 0.05) is 19.2 Å². The minimum atomic E-state index is -0.578. The molecule has 1 aromatic heterocycles. The highest BCUT2D eigenvalue weighted by atomic mass is 16.5. The van der Waals surface area contributed by atoms with Gasteiger partial charge < -0.3 is 14.1 Å². The van der Waals surface area contributed by atoms with Gasteiger partial charge >= 0.3 is 5.97 Å². The van der Waals surface area contributed by atoms with Crippen molar-refractivity contribution >= 4 is 18.0 Å². The zero-order chi connectivity index (χ0) is 16.5. The molecule has 5 nitrogen and oxygen atoms in total. The third kappa shape index (κ3) is 5.47. The summed E-state index contributed by atoms with van der Waals surface area (Å²) in [5, 5.41) is 0. The van der Waals surface area contributed by atoms with E-state index in [0.717, 1.165) is 5.56 Å². The number of nitrogens with zero attached hydrogens (tertiary/aromatic N) is 1. The van der Waals surface area contributed by atoms with Gasteiger partial charge in [0.15, 0.2) is 6.61 Å². The maximum absolute atomic E-state index is 12.1. The van der Waals surface area contributed by atoms with Gasteiger partial charge in [0.1, 0.15) is 5.76 Å². The number of carbonyl (C=O) groups is 2. The minimum Gasteiger partial charge on any atom is -0.465 e. The third-order valence-electron chi connectivity index (χ3n) is 3.22. The van der Waals surface area contributed by atoms with Gasteiger partial charge in [-0.05, 0) is 30.7 Å². The van der Waals surface area contributed by atoms with Crippen LogP contribution in [0.4, 0.5) is 0 Å². The second kappa shape index (κ2) is 8.58. The molecule has 1 aromatic carbocycles. The molecule has 0 unspecified atom stereocenters. The SMILES string of the molecule is CCN(Cc1ccccc1)C(=O)COC(=O)/C=C/c1ccco1. The van der Waals surface area contributed by atoms with Crippen LogP contribution in [0.3, 0.4) is 0 Å². The van der Waals surface area contributed by atoms with Crippen molar-refractivity contribution in [2.45, 2.75) is 13.5 Å². The molecule has 23 heavy (non-hydrogen) atoms. The lowest BCUT2D eigenvalue weighted by Crippen LogP contribution is -2.33. The molecular weight excluding hydrogens is 294 g/mol. The van der Waals surface area contributed by atoms with Crippen molar-refractivity contribution in [3.05, 3.63) is 66.1 Å². The second-order valence-electron chi connectivity index (χ2n) is 4.85. The van der Waals surface area contributed by atoms with Crippen molar-refractivity contribution in [2.24, 2.45) is 0 Å². The number of benzene rings is 1. The number of rotatable bonds is 7. The van der Waals surface area contributed by atoms with Crippen LogP contribution in [0, 0.1) is 0 Å². The Hall–Kier alpha value is -2.82. The Balaban J connectivity index is 1.81. The van der Waals surface area contributed by atoms with Crippen molar-refractivity contribution in [2.75, 3.05) is 13.2 Å². The quantitative estimate of drug-likeness (QED) is 0.582. The van der Waals surface area contributed by atoms with Gasteiger partial charge in [-0.3, -0.25) is 4.79 Å². The van der Waals surface area contributed by atoms with Gasteiger partial charge in [-0.2, -0.15) is 0 Å². The molecule has 5 heteroatoms. The Morgan fingerprint density at radius 1 is 1.17 bits per heavy atom. The van der Waals surface area contributed by atoms with E-state index in [1.807, 2.05) is 37.3 Å². The second-order valence-corrected chi connectivity index (χ2v) is 4.85. The first-order chi connectivity index (χ1) is 11.2. The molecule has 0 aliphatic carbocycles. The number of esters is 1. The minimum absolute atomic E-state index is 0.226. The van der Waals surface area contributed by atoms with Gasteiger partial charge in [0.25, 0.3) is 5.91 Å². The molecule has 2 rings (SSSR count). The molecule has 0 radical (unpaired) electrons. The highest BCUT2D eigenvalue weighted by molar-refractivity contribution is 5.88. The predicted molar refractivity (Wildman–Crippen MR) is 86.2 cm³/mol. The van der Waals surface area contributed by atoms with Crippen LogP contribution in [0.1, 0.15) is 18.2 Å². The van der Waals surface area contributed by atoms with E-state index >= 15 is 0 Å². The van der Waals surface area contributed by atoms with Crippen LogP contribution in [0.5, 0.6) is 0 Å². The maximum Gasteiger partial charge on any atom is 0.331 e. The molecule has 0 saturated heterocycles. The summed E-state index contributed by atoms with van der Waals surface area (Å²) in [6.45, 7) is 2.66. The van der Waals surface area contributed by atoms with E-state index < -0.39 is 5.97 Å². The largest absolute Gasteiger partial charge is 0.465 e. The smallest absolute Gasteiger partial charge is 0.331 e. The Morgan fingerprint density at radius 3 is 2.61 bits per heavy atom. The van der Waals surface area contributed by atoms with E-state index in [9.17, 15) is 9.59 Å². The lowest BCUT2D eigenvalue weighted by atomic mass is 10.2. The molecule has 0 aliphatic rings. The number of amides is 1. The van der Waals surface area contributed by atoms with Crippen LogP contribution < -0.4 is 0 Å². The molecule has 0 saturated carbocycles. The molecule has 0 aliphatic heterocycles. The number of hydrogen-bond donors (Lipinski definition) is 0. The summed E-state index contributed by atoms with van der Waals surface area (Å²) in [4.78, 5) is 25.4. The van der Waals surface area contributed by atoms with Crippen LogP contribution in [0.25, 0.3) is 6.08 Å². The summed E-state index contributed by atoms with van der Waals surface area (Å²) < 4.78 is 10.0. The highest BCUT2D eigenvalue weighted by Crippen LogP contribution is 2.05. The Kier molecular flexibility index (Phi) is 6.17. The normalized spacial score (nSPS) is 10.7. The summed E-state index contributed by atoms with van der Waals surface area (Å²) in [6, 6.07) is 13.1. The van der Waals surface area contributed by atoms with Gasteiger partial charge in [0.2, 0.25) is 0 Å². The first kappa shape index (κ1) is 16.5. The fourth-order valence-corrected chi connectivity index (χ4v) is 1.99. The molecule has 2 aromatic rings. The zero-order valence-electron chi connectivity index (χ0n) is 13.0. The van der Waals surface area contributed by atoms with Crippen molar-refractivity contribution < 1.29 is 18.7 Å². The van der Waals surface area contributed by atoms with Crippen LogP contribution in [0.15, 0.2) is 59.2 Å². The lowest BCUT2D eigenvalue weighted by Gasteiger charge is -2.20. The number of likely N-dealkylation sites (N-methyl/N-ethyl adjacent to an activating group) is 1. The van der Waals surface area contributed by atoms with E-state index in [1.54, 1.807) is 17.0 Å². The number of carbonyl (C=O) groups excluding carboxylic acids is 2. The molecule has 0 bridgehead atoms. The maximum atomic E-state index is 12.1. The van der Waals surface area contributed by atoms with Crippen molar-refractivity contribution in [1.29, 1.82) is 0 Å². The summed E-state index contributed by atoms with van der Waals surface area (Å²) >= 11 is 0. The number of ether oxygens (including phenoxy) is 1. The molecule has 1 amide bonds. The fraction of sp³-hybridized carbons (Fsp3) is 0.222. The van der Waals surface area contributed by atoms with Crippen molar-refractivity contribution in [3.63, 3.8) is 0 Å². The average Bonchev–Trinajstić information content (AvgIpc) is 3.10. The summed E-state index contributed by atoms with van der Waals surface area (Å²) in [5.41, 5.74) is 1.03. The molecule has 120 valence electrons. The first-order valence-electron chi connectivity index (χ1n) is 7.39. The van der Waals surface area contributed by atoms with Crippen LogP contribution >= 0.6 is 0 Å². The Labute approximate surface area is 135 Å². The van der Waals surface area contributed by atoms with Gasteiger partial charge in [-0.25, -0.2) is 4.79 Å². The van der Waals surface area contributed by atoms with Gasteiger partial charge in [-0.15, -0.1) is 0 Å². The molecular formula is C18H19NO4. The van der Waals surface area contributed by atoms with Gasteiger partial charge in [-0.1, -0.05) is 30.3 Å². The summed E-state index contributed by atoms with van der Waals surface area (Å²) in [7, 11) is 0. The highest BCUT2D eigenvalue weighted by Gasteiger charge is 2.13.